The molecule has 218 valence electrons. The van der Waals surface area contributed by atoms with E-state index in [1.165, 1.54) is 36.5 Å². The summed E-state index contributed by atoms with van der Waals surface area (Å²) in [5.41, 5.74) is 14.0. The minimum atomic E-state index is -1.33. The minimum Gasteiger partial charge on any atom is -0.480 e. The van der Waals surface area contributed by atoms with Crippen LogP contribution in [-0.4, -0.2) is 75.4 Å². The first-order valence-corrected chi connectivity index (χ1v) is 12.7. The van der Waals surface area contributed by atoms with Crippen molar-refractivity contribution in [2.75, 3.05) is 18.0 Å². The van der Waals surface area contributed by atoms with E-state index in [0.717, 1.165) is 11.8 Å². The molecule has 0 aliphatic rings. The van der Waals surface area contributed by atoms with Crippen LogP contribution in [0.15, 0.2) is 52.5 Å². The van der Waals surface area contributed by atoms with Gasteiger partial charge in [-0.3, -0.25) is 34.1 Å². The predicted octanol–water partition coefficient (Wildman–Crippen LogP) is -0.0893. The fraction of sp³-hybridized carbons (Fsp3) is 0.250. The van der Waals surface area contributed by atoms with E-state index >= 15 is 0 Å². The Morgan fingerprint density at radius 1 is 1.10 bits per heavy atom. The number of carbonyl (C=O) groups is 5. The topological polar surface area (TPSA) is 269 Å². The Labute approximate surface area is 236 Å². The molecule has 16 nitrogen and oxygen atoms in total. The van der Waals surface area contributed by atoms with Crippen LogP contribution in [0.2, 0.25) is 0 Å². The molecule has 2 rings (SSSR count). The van der Waals surface area contributed by atoms with Crippen LogP contribution in [0.1, 0.15) is 28.8 Å². The summed E-state index contributed by atoms with van der Waals surface area (Å²) in [6.45, 7) is -0.733. The van der Waals surface area contributed by atoms with E-state index in [9.17, 15) is 34.1 Å². The predicted molar refractivity (Wildman–Crippen MR) is 147 cm³/mol. The lowest BCUT2D eigenvalue weighted by Gasteiger charge is -2.18. The van der Waals surface area contributed by atoms with E-state index in [0.29, 0.717) is 11.3 Å². The second-order valence-electron chi connectivity index (χ2n) is 8.33. The van der Waals surface area contributed by atoms with Crippen molar-refractivity contribution < 1.29 is 39.1 Å². The van der Waals surface area contributed by atoms with E-state index < -0.39 is 53.2 Å². The van der Waals surface area contributed by atoms with Crippen LogP contribution in [-0.2, 0) is 19.2 Å². The molecule has 0 radical (unpaired) electrons. The van der Waals surface area contributed by atoms with Gasteiger partial charge in [0.2, 0.25) is 11.8 Å². The molecule has 0 saturated carbocycles. The molecule has 3 amide bonds. The second kappa shape index (κ2) is 15.5. The molecule has 0 heterocycles. The molecular formula is C24H27N7O9S. The van der Waals surface area contributed by atoms with E-state index in [1.54, 1.807) is 12.1 Å². The summed E-state index contributed by atoms with van der Waals surface area (Å²) >= 11 is 0.845. The Hall–Kier alpha value is -5.03. The van der Waals surface area contributed by atoms with E-state index in [-0.39, 0.29) is 34.7 Å². The van der Waals surface area contributed by atoms with Crippen molar-refractivity contribution in [1.29, 1.82) is 0 Å². The van der Waals surface area contributed by atoms with Gasteiger partial charge in [-0.05, 0) is 36.8 Å². The third-order valence-electron chi connectivity index (χ3n) is 5.20. The number of hydrogen-bond acceptors (Lipinski definition) is 11. The van der Waals surface area contributed by atoms with E-state index in [1.807, 2.05) is 0 Å². The van der Waals surface area contributed by atoms with Crippen molar-refractivity contribution in [2.45, 2.75) is 29.8 Å². The third-order valence-corrected chi connectivity index (χ3v) is 6.36. The summed E-state index contributed by atoms with van der Waals surface area (Å²) in [5, 5.41) is 37.7. The number of hydrazone groups is 1. The van der Waals surface area contributed by atoms with Gasteiger partial charge in [0.1, 0.15) is 18.6 Å². The molecular weight excluding hydrogens is 562 g/mol. The molecule has 0 unspecified atom stereocenters. The van der Waals surface area contributed by atoms with Gasteiger partial charge >= 0.3 is 11.9 Å². The molecule has 2 aromatic rings. The standard InChI is InChI=1S/C24H27N7O9S/c25-15-4-2-14(3-5-15)22(35)30-28-10-13-1-7-19(18(9-13)31(39)40)41-12-17(23(36)27-11-21(33)34)29-20(32)8-6-16(26)24(37)38/h1-5,7,9-10,16-17H,6,8,11-12,25-26H2,(H,27,36)(H,29,32)(H,30,35)(H,33,34)(H,37,38)/b28-10+/t16-,17-/m0/s1. The van der Waals surface area contributed by atoms with Crippen LogP contribution in [0.3, 0.4) is 0 Å². The third kappa shape index (κ3) is 10.9. The Balaban J connectivity index is 2.11. The zero-order chi connectivity index (χ0) is 30.5. The van der Waals surface area contributed by atoms with E-state index in [2.05, 4.69) is 21.2 Å². The molecule has 0 aliphatic carbocycles. The molecule has 0 saturated heterocycles. The Morgan fingerprint density at radius 2 is 1.78 bits per heavy atom. The SMILES string of the molecule is Nc1ccc(C(=O)N/N=C/c2ccc(SC[C@H](NC(=O)CC[C@H](N)C(=O)O)C(=O)NCC(=O)O)c([N+](=O)[O-])c2)cc1. The first-order chi connectivity index (χ1) is 19.4. The van der Waals surface area contributed by atoms with Crippen molar-refractivity contribution in [2.24, 2.45) is 10.8 Å². The fourth-order valence-electron chi connectivity index (χ4n) is 3.06. The van der Waals surface area contributed by atoms with Crippen LogP contribution < -0.4 is 27.5 Å². The zero-order valence-electron chi connectivity index (χ0n) is 21.3. The lowest BCUT2D eigenvalue weighted by Crippen LogP contribution is -2.49. The van der Waals surface area contributed by atoms with Crippen molar-refractivity contribution >= 4 is 59.0 Å². The Bertz CT molecular complexity index is 1340. The molecule has 2 aromatic carbocycles. The Kier molecular flexibility index (Phi) is 12.2. The number of nitrogens with zero attached hydrogens (tertiary/aromatic N) is 2. The number of nitro benzene ring substituents is 1. The van der Waals surface area contributed by atoms with Crippen LogP contribution in [0.5, 0.6) is 0 Å². The summed E-state index contributed by atoms with van der Waals surface area (Å²) in [6, 6.07) is 7.51. The fourth-order valence-corrected chi connectivity index (χ4v) is 4.09. The van der Waals surface area contributed by atoms with Gasteiger partial charge in [-0.1, -0.05) is 6.07 Å². The average molecular weight is 590 g/mol. The highest BCUT2D eigenvalue weighted by molar-refractivity contribution is 7.99. The number of aliphatic carboxylic acids is 2. The quantitative estimate of drug-likeness (QED) is 0.0472. The second-order valence-corrected chi connectivity index (χ2v) is 9.39. The van der Waals surface area contributed by atoms with Crippen LogP contribution >= 0.6 is 11.8 Å². The number of carboxylic acid groups (broad SMARTS) is 2. The first-order valence-electron chi connectivity index (χ1n) is 11.7. The maximum atomic E-state index is 12.5. The van der Waals surface area contributed by atoms with Gasteiger partial charge in [0.15, 0.2) is 0 Å². The minimum absolute atomic E-state index is 0.122. The molecule has 0 aromatic heterocycles. The van der Waals surface area contributed by atoms with E-state index in [4.69, 9.17) is 21.7 Å². The molecule has 9 N–H and O–H groups in total. The molecule has 0 fully saturated rings. The zero-order valence-corrected chi connectivity index (χ0v) is 22.1. The van der Waals surface area contributed by atoms with Gasteiger partial charge in [-0.2, -0.15) is 5.10 Å². The maximum Gasteiger partial charge on any atom is 0.322 e. The highest BCUT2D eigenvalue weighted by Crippen LogP contribution is 2.30. The van der Waals surface area contributed by atoms with Gasteiger partial charge in [-0.25, -0.2) is 5.43 Å². The van der Waals surface area contributed by atoms with Crippen molar-refractivity contribution in [3.05, 3.63) is 63.7 Å². The smallest absolute Gasteiger partial charge is 0.322 e. The van der Waals surface area contributed by atoms with Crippen molar-refractivity contribution in [1.82, 2.24) is 16.1 Å². The first kappa shape index (κ1) is 32.2. The van der Waals surface area contributed by atoms with Gasteiger partial charge in [-0.15, -0.1) is 11.8 Å². The summed E-state index contributed by atoms with van der Waals surface area (Å²) in [6.07, 6.45) is 0.650. The summed E-state index contributed by atoms with van der Waals surface area (Å²) in [7, 11) is 0. The van der Waals surface area contributed by atoms with Gasteiger partial charge < -0.3 is 32.3 Å². The summed E-state index contributed by atoms with van der Waals surface area (Å²) in [5.74, 6) is -4.98. The molecule has 0 spiro atoms. The Morgan fingerprint density at radius 3 is 2.39 bits per heavy atom. The molecule has 0 bridgehead atoms. The number of thioether (sulfide) groups is 1. The van der Waals surface area contributed by atoms with Crippen molar-refractivity contribution in [3.8, 4) is 0 Å². The number of amides is 3. The number of carbonyl (C=O) groups excluding carboxylic acids is 3. The number of rotatable bonds is 15. The largest absolute Gasteiger partial charge is 0.480 e. The molecule has 17 heteroatoms. The highest BCUT2D eigenvalue weighted by atomic mass is 32.2. The van der Waals surface area contributed by atoms with Crippen LogP contribution in [0.25, 0.3) is 0 Å². The summed E-state index contributed by atoms with van der Waals surface area (Å²) < 4.78 is 0. The lowest BCUT2D eigenvalue weighted by molar-refractivity contribution is -0.387. The number of carboxylic acids is 2. The number of nitrogens with one attached hydrogen (secondary N) is 3. The van der Waals surface area contributed by atoms with Gasteiger partial charge in [0.05, 0.1) is 16.0 Å². The number of nitrogen functional groups attached to an aromatic ring is 1. The maximum absolute atomic E-state index is 12.5. The number of hydrogen-bond donors (Lipinski definition) is 7. The average Bonchev–Trinajstić information content (AvgIpc) is 2.92. The number of anilines is 1. The van der Waals surface area contributed by atoms with Crippen LogP contribution in [0.4, 0.5) is 11.4 Å². The molecule has 0 aliphatic heterocycles. The number of benzene rings is 2. The number of nitrogens with two attached hydrogens (primary N) is 2. The van der Waals surface area contributed by atoms with Crippen LogP contribution in [0, 0.1) is 10.1 Å². The lowest BCUT2D eigenvalue weighted by atomic mass is 10.1. The van der Waals surface area contributed by atoms with Gasteiger partial charge in [0.25, 0.3) is 11.6 Å². The normalized spacial score (nSPS) is 12.2. The highest BCUT2D eigenvalue weighted by Gasteiger charge is 2.24. The van der Waals surface area contributed by atoms with Crippen molar-refractivity contribution in [3.63, 3.8) is 0 Å². The summed E-state index contributed by atoms with van der Waals surface area (Å²) in [4.78, 5) is 69.8. The molecule has 41 heavy (non-hydrogen) atoms. The van der Waals surface area contributed by atoms with Gasteiger partial charge in [0, 0.05) is 35.1 Å². The monoisotopic (exact) mass is 589 g/mol. The molecule has 2 atom stereocenters. The number of nitro groups is 1.